The molecule has 0 unspecified atom stereocenters. The first kappa shape index (κ1) is 17.3. The quantitative estimate of drug-likeness (QED) is 0.250. The maximum Gasteiger partial charge on any atom is 0.500 e. The summed E-state index contributed by atoms with van der Waals surface area (Å²) in [6.45, 7) is 6.39. The summed E-state index contributed by atoms with van der Waals surface area (Å²) >= 11 is 0. The number of ether oxygens (including phenoxy) is 1. The van der Waals surface area contributed by atoms with Gasteiger partial charge in [0.15, 0.2) is 0 Å². The van der Waals surface area contributed by atoms with E-state index in [1.165, 1.54) is 0 Å². The molecule has 0 aliphatic rings. The van der Waals surface area contributed by atoms with Crippen LogP contribution in [0.5, 0.6) is 0 Å². The third-order valence-corrected chi connectivity index (χ3v) is 5.33. The molecule has 0 rings (SSSR count). The molecular formula is C12H24O5Si. The minimum absolute atomic E-state index is 0.323. The average Bonchev–Trinajstić information content (AvgIpc) is 2.41. The zero-order valence-electron chi connectivity index (χ0n) is 11.6. The maximum absolute atomic E-state index is 10.9. The van der Waals surface area contributed by atoms with Gasteiger partial charge in [-0.1, -0.05) is 19.9 Å². The Kier molecular flexibility index (Phi) is 9.86. The second-order valence-corrected chi connectivity index (χ2v) is 6.74. The van der Waals surface area contributed by atoms with Crippen molar-refractivity contribution in [3.8, 4) is 0 Å². The van der Waals surface area contributed by atoms with Gasteiger partial charge in [-0.05, 0) is 12.8 Å². The molecule has 0 saturated heterocycles. The van der Waals surface area contributed by atoms with Crippen LogP contribution in [0.25, 0.3) is 0 Å². The van der Waals surface area contributed by atoms with Crippen LogP contribution in [-0.2, 0) is 22.8 Å². The number of carbonyl (C=O) groups is 1. The molecule has 0 aromatic rings. The highest BCUT2D eigenvalue weighted by Gasteiger charge is 2.38. The van der Waals surface area contributed by atoms with E-state index in [9.17, 15) is 4.79 Å². The molecule has 106 valence electrons. The van der Waals surface area contributed by atoms with Gasteiger partial charge < -0.3 is 18.0 Å². The van der Waals surface area contributed by atoms with Crippen LogP contribution in [0.4, 0.5) is 0 Å². The predicted octanol–water partition coefficient (Wildman–Crippen LogP) is 2.15. The molecule has 0 aliphatic carbocycles. The normalized spacial score (nSPS) is 11.3. The second kappa shape index (κ2) is 10.2. The van der Waals surface area contributed by atoms with E-state index in [2.05, 4.69) is 13.5 Å². The van der Waals surface area contributed by atoms with Gasteiger partial charge in [-0.2, -0.15) is 0 Å². The Morgan fingerprint density at radius 2 is 1.89 bits per heavy atom. The fraction of sp³-hybridized carbons (Fsp3) is 0.750. The number of unbranched alkanes of at least 4 members (excludes halogenated alkanes) is 1. The topological polar surface area (TPSA) is 54.0 Å². The minimum atomic E-state index is -2.58. The molecule has 0 aromatic heterocycles. The first-order valence-electron chi connectivity index (χ1n) is 6.17. The van der Waals surface area contributed by atoms with Gasteiger partial charge in [0.1, 0.15) is 0 Å². The fourth-order valence-corrected chi connectivity index (χ4v) is 3.36. The summed E-state index contributed by atoms with van der Waals surface area (Å²) in [6, 6.07) is 0.633. The van der Waals surface area contributed by atoms with Gasteiger partial charge in [0, 0.05) is 32.9 Å². The van der Waals surface area contributed by atoms with Gasteiger partial charge in [0.25, 0.3) is 0 Å². The molecule has 6 heteroatoms. The average molecular weight is 276 g/mol. The molecule has 0 N–H and O–H groups in total. The largest absolute Gasteiger partial charge is 0.500 e. The highest BCUT2D eigenvalue weighted by molar-refractivity contribution is 6.60. The fourth-order valence-electron chi connectivity index (χ4n) is 1.37. The third kappa shape index (κ3) is 6.90. The zero-order valence-corrected chi connectivity index (χ0v) is 12.6. The highest BCUT2D eigenvalue weighted by atomic mass is 28.4. The standard InChI is InChI=1S/C12H24O5Si/c1-5-7-10-17-18(14-3,15-4)11-8-9-16-12(13)6-2/h6H,2,5,7-11H2,1,3-4H3. The van der Waals surface area contributed by atoms with Crippen LogP contribution in [0, 0.1) is 0 Å². The number of hydrogen-bond donors (Lipinski definition) is 0. The number of esters is 1. The highest BCUT2D eigenvalue weighted by Crippen LogP contribution is 2.16. The van der Waals surface area contributed by atoms with Gasteiger partial charge >= 0.3 is 14.8 Å². The van der Waals surface area contributed by atoms with Crippen LogP contribution in [0.15, 0.2) is 12.7 Å². The second-order valence-electron chi connectivity index (χ2n) is 3.77. The van der Waals surface area contributed by atoms with Crippen molar-refractivity contribution in [1.82, 2.24) is 0 Å². The van der Waals surface area contributed by atoms with Crippen LogP contribution in [0.3, 0.4) is 0 Å². The van der Waals surface area contributed by atoms with Crippen molar-refractivity contribution >= 4 is 14.8 Å². The molecule has 0 radical (unpaired) electrons. The summed E-state index contributed by atoms with van der Waals surface area (Å²) in [7, 11) is 0.609. The van der Waals surface area contributed by atoms with Crippen LogP contribution in [0.2, 0.25) is 6.04 Å². The number of carbonyl (C=O) groups excluding carboxylic acids is 1. The monoisotopic (exact) mass is 276 g/mol. The van der Waals surface area contributed by atoms with Crippen molar-refractivity contribution in [2.24, 2.45) is 0 Å². The first-order valence-corrected chi connectivity index (χ1v) is 8.10. The molecule has 0 aromatic carbocycles. The molecular weight excluding hydrogens is 252 g/mol. The van der Waals surface area contributed by atoms with E-state index < -0.39 is 14.8 Å². The Balaban J connectivity index is 4.00. The van der Waals surface area contributed by atoms with Gasteiger partial charge in [-0.25, -0.2) is 4.79 Å². The third-order valence-electron chi connectivity index (χ3n) is 2.48. The lowest BCUT2D eigenvalue weighted by atomic mass is 10.4. The summed E-state index contributed by atoms with van der Waals surface area (Å²) in [5, 5.41) is 0. The molecule has 0 saturated carbocycles. The molecule has 0 atom stereocenters. The molecule has 0 heterocycles. The summed E-state index contributed by atoms with van der Waals surface area (Å²) in [6.07, 6.45) is 3.84. The first-order chi connectivity index (χ1) is 8.64. The van der Waals surface area contributed by atoms with E-state index in [4.69, 9.17) is 18.0 Å². The summed E-state index contributed by atoms with van der Waals surface area (Å²) in [5.41, 5.74) is 0. The SMILES string of the molecule is C=CC(=O)OCCC[Si](OC)(OC)OCCCC. The lowest BCUT2D eigenvalue weighted by molar-refractivity contribution is -0.137. The molecule has 0 amide bonds. The van der Waals surface area contributed by atoms with Crippen LogP contribution >= 0.6 is 0 Å². The summed E-state index contributed by atoms with van der Waals surface area (Å²) in [5.74, 6) is -0.413. The van der Waals surface area contributed by atoms with Gasteiger partial charge in [0.05, 0.1) is 6.61 Å². The molecule has 18 heavy (non-hydrogen) atoms. The van der Waals surface area contributed by atoms with Gasteiger partial charge in [0.2, 0.25) is 0 Å². The van der Waals surface area contributed by atoms with E-state index in [1.807, 2.05) is 0 Å². The molecule has 0 spiro atoms. The molecule has 0 aliphatic heterocycles. The van der Waals surface area contributed by atoms with Crippen LogP contribution < -0.4 is 0 Å². The van der Waals surface area contributed by atoms with Crippen molar-refractivity contribution in [3.05, 3.63) is 12.7 Å². The van der Waals surface area contributed by atoms with Gasteiger partial charge in [-0.3, -0.25) is 0 Å². The Morgan fingerprint density at radius 1 is 1.22 bits per heavy atom. The van der Waals surface area contributed by atoms with E-state index in [0.717, 1.165) is 18.9 Å². The van der Waals surface area contributed by atoms with E-state index >= 15 is 0 Å². The predicted molar refractivity (Wildman–Crippen MR) is 71.2 cm³/mol. The Labute approximate surface area is 110 Å². The van der Waals surface area contributed by atoms with E-state index in [-0.39, 0.29) is 0 Å². The maximum atomic E-state index is 10.9. The number of rotatable bonds is 11. The molecule has 5 nitrogen and oxygen atoms in total. The Morgan fingerprint density at radius 3 is 2.39 bits per heavy atom. The van der Waals surface area contributed by atoms with Gasteiger partial charge in [-0.15, -0.1) is 0 Å². The lowest BCUT2D eigenvalue weighted by Crippen LogP contribution is -2.44. The Hall–Kier alpha value is -0.693. The number of hydrogen-bond acceptors (Lipinski definition) is 5. The summed E-state index contributed by atoms with van der Waals surface area (Å²) < 4.78 is 21.4. The lowest BCUT2D eigenvalue weighted by Gasteiger charge is -2.26. The van der Waals surface area contributed by atoms with Crippen molar-refractivity contribution in [3.63, 3.8) is 0 Å². The van der Waals surface area contributed by atoms with Crippen molar-refractivity contribution in [2.75, 3.05) is 27.4 Å². The van der Waals surface area contributed by atoms with Crippen molar-refractivity contribution in [2.45, 2.75) is 32.2 Å². The minimum Gasteiger partial charge on any atom is -0.463 e. The molecule has 0 fully saturated rings. The van der Waals surface area contributed by atoms with E-state index in [1.54, 1.807) is 14.2 Å². The van der Waals surface area contributed by atoms with Crippen molar-refractivity contribution < 1.29 is 22.8 Å². The van der Waals surface area contributed by atoms with Crippen LogP contribution in [0.1, 0.15) is 26.2 Å². The van der Waals surface area contributed by atoms with Crippen LogP contribution in [-0.4, -0.2) is 42.2 Å². The van der Waals surface area contributed by atoms with Crippen molar-refractivity contribution in [1.29, 1.82) is 0 Å². The zero-order chi connectivity index (χ0) is 13.9. The summed E-state index contributed by atoms with van der Waals surface area (Å²) in [4.78, 5) is 10.9. The van der Waals surface area contributed by atoms with E-state index in [0.29, 0.717) is 25.7 Å². The molecule has 0 bridgehead atoms. The smallest absolute Gasteiger partial charge is 0.463 e. The Bertz CT molecular complexity index is 241.